The predicted octanol–water partition coefficient (Wildman–Crippen LogP) is 2.54. The van der Waals surface area contributed by atoms with Crippen molar-refractivity contribution < 1.29 is 9.53 Å². The third kappa shape index (κ3) is 3.64. The molecule has 4 nitrogen and oxygen atoms in total. The molecule has 110 valence electrons. The van der Waals surface area contributed by atoms with Crippen LogP contribution in [-0.2, 0) is 4.79 Å². The Balaban J connectivity index is 0.00000147. The van der Waals surface area contributed by atoms with E-state index in [0.29, 0.717) is 0 Å². The second kappa shape index (κ2) is 6.46. The van der Waals surface area contributed by atoms with Gasteiger partial charge >= 0.3 is 0 Å². The van der Waals surface area contributed by atoms with Crippen molar-refractivity contribution in [3.05, 3.63) is 24.3 Å². The lowest BCUT2D eigenvalue weighted by Crippen LogP contribution is -2.28. The molecule has 1 amide bonds. The zero-order valence-corrected chi connectivity index (χ0v) is 12.5. The summed E-state index contributed by atoms with van der Waals surface area (Å²) < 4.78 is 5.74. The SMILES string of the molecule is CC(=O)Nc1ccc(OCCN2CC[C@H]3C[C@H]32)cc1.Cl. The highest BCUT2D eigenvalue weighted by atomic mass is 35.5. The number of carbonyl (C=O) groups is 1. The van der Waals surface area contributed by atoms with Crippen LogP contribution in [0.5, 0.6) is 5.75 Å². The lowest BCUT2D eigenvalue weighted by atomic mass is 10.3. The minimum absolute atomic E-state index is 0. The fraction of sp³-hybridized carbons (Fsp3) is 0.533. The molecular weight excluding hydrogens is 276 g/mol. The molecule has 2 aliphatic rings. The first-order valence-corrected chi connectivity index (χ1v) is 6.97. The average molecular weight is 297 g/mol. The highest BCUT2D eigenvalue weighted by molar-refractivity contribution is 5.88. The molecule has 1 saturated carbocycles. The molecule has 0 spiro atoms. The number of nitrogens with zero attached hydrogens (tertiary/aromatic N) is 1. The number of nitrogens with one attached hydrogen (secondary N) is 1. The summed E-state index contributed by atoms with van der Waals surface area (Å²) in [5.74, 6) is 1.79. The Labute approximate surface area is 125 Å². The summed E-state index contributed by atoms with van der Waals surface area (Å²) in [4.78, 5) is 13.4. The van der Waals surface area contributed by atoms with E-state index in [9.17, 15) is 4.79 Å². The van der Waals surface area contributed by atoms with E-state index in [0.717, 1.165) is 36.5 Å². The van der Waals surface area contributed by atoms with Crippen LogP contribution in [0.2, 0.25) is 0 Å². The standard InChI is InChI=1S/C15H20N2O2.ClH/c1-11(18)16-13-2-4-14(5-3-13)19-9-8-17-7-6-12-10-15(12)17;/h2-5,12,15H,6-10H2,1H3,(H,16,18);1H/t12-,15+;/m0./s1. The van der Waals surface area contributed by atoms with E-state index in [2.05, 4.69) is 10.2 Å². The number of rotatable bonds is 5. The lowest BCUT2D eigenvalue weighted by Gasteiger charge is -2.17. The molecule has 1 aliphatic heterocycles. The quantitative estimate of drug-likeness (QED) is 0.908. The van der Waals surface area contributed by atoms with Crippen LogP contribution in [0.4, 0.5) is 5.69 Å². The zero-order valence-electron chi connectivity index (χ0n) is 11.7. The van der Waals surface area contributed by atoms with Gasteiger partial charge in [0.2, 0.25) is 5.91 Å². The Kier molecular flexibility index (Phi) is 4.89. The summed E-state index contributed by atoms with van der Waals surface area (Å²) >= 11 is 0. The van der Waals surface area contributed by atoms with E-state index in [4.69, 9.17) is 4.74 Å². The van der Waals surface area contributed by atoms with Gasteiger partial charge in [0.1, 0.15) is 12.4 Å². The van der Waals surface area contributed by atoms with E-state index in [1.165, 1.54) is 26.3 Å². The monoisotopic (exact) mass is 296 g/mol. The Morgan fingerprint density at radius 2 is 2.15 bits per heavy atom. The molecule has 20 heavy (non-hydrogen) atoms. The van der Waals surface area contributed by atoms with Crippen molar-refractivity contribution in [3.8, 4) is 5.75 Å². The van der Waals surface area contributed by atoms with Crippen molar-refractivity contribution in [3.63, 3.8) is 0 Å². The normalized spacial score (nSPS) is 23.6. The van der Waals surface area contributed by atoms with Gasteiger partial charge in [-0.05, 0) is 49.6 Å². The number of fused-ring (bicyclic) bond motifs is 1. The molecule has 1 aliphatic carbocycles. The first-order chi connectivity index (χ1) is 9.22. The summed E-state index contributed by atoms with van der Waals surface area (Å²) in [6.45, 7) is 4.50. The molecule has 2 fully saturated rings. The maximum Gasteiger partial charge on any atom is 0.221 e. The molecule has 1 N–H and O–H groups in total. The van der Waals surface area contributed by atoms with Crippen molar-refractivity contribution in [1.29, 1.82) is 0 Å². The second-order valence-electron chi connectivity index (χ2n) is 5.44. The molecule has 1 heterocycles. The molecule has 1 aromatic carbocycles. The number of ether oxygens (including phenoxy) is 1. The number of hydrogen-bond donors (Lipinski definition) is 1. The number of benzene rings is 1. The van der Waals surface area contributed by atoms with Gasteiger partial charge in [-0.1, -0.05) is 0 Å². The van der Waals surface area contributed by atoms with Gasteiger partial charge in [-0.25, -0.2) is 0 Å². The van der Waals surface area contributed by atoms with Crippen molar-refractivity contribution >= 4 is 24.0 Å². The molecule has 2 atom stereocenters. The van der Waals surface area contributed by atoms with Crippen molar-refractivity contribution in [1.82, 2.24) is 4.90 Å². The minimum atomic E-state index is -0.0540. The number of anilines is 1. The Morgan fingerprint density at radius 3 is 2.70 bits per heavy atom. The van der Waals surface area contributed by atoms with E-state index < -0.39 is 0 Å². The van der Waals surface area contributed by atoms with Gasteiger partial charge in [-0.15, -0.1) is 12.4 Å². The molecule has 1 saturated heterocycles. The van der Waals surface area contributed by atoms with Crippen molar-refractivity contribution in [2.45, 2.75) is 25.8 Å². The Morgan fingerprint density at radius 1 is 1.40 bits per heavy atom. The van der Waals surface area contributed by atoms with Crippen LogP contribution in [0.15, 0.2) is 24.3 Å². The minimum Gasteiger partial charge on any atom is -0.492 e. The molecule has 0 bridgehead atoms. The number of halogens is 1. The summed E-state index contributed by atoms with van der Waals surface area (Å²) in [6, 6.07) is 8.38. The summed E-state index contributed by atoms with van der Waals surface area (Å²) in [5.41, 5.74) is 0.806. The average Bonchev–Trinajstić information content (AvgIpc) is 3.06. The number of piperidine rings is 1. The summed E-state index contributed by atoms with van der Waals surface area (Å²) in [6.07, 6.45) is 2.77. The molecular formula is C15H21ClN2O2. The van der Waals surface area contributed by atoms with Gasteiger partial charge in [0.25, 0.3) is 0 Å². The summed E-state index contributed by atoms with van der Waals surface area (Å²) in [5, 5.41) is 2.74. The van der Waals surface area contributed by atoms with Gasteiger partial charge in [-0.2, -0.15) is 0 Å². The van der Waals surface area contributed by atoms with Crippen molar-refractivity contribution in [2.24, 2.45) is 5.92 Å². The largest absolute Gasteiger partial charge is 0.492 e. The first kappa shape index (κ1) is 15.1. The van der Waals surface area contributed by atoms with E-state index >= 15 is 0 Å². The van der Waals surface area contributed by atoms with Crippen LogP contribution in [0.3, 0.4) is 0 Å². The highest BCUT2D eigenvalue weighted by Crippen LogP contribution is 2.43. The number of likely N-dealkylation sites (tertiary alicyclic amines) is 1. The van der Waals surface area contributed by atoms with Crippen LogP contribution in [0.25, 0.3) is 0 Å². The molecule has 5 heteroatoms. The van der Waals surface area contributed by atoms with Crippen LogP contribution in [-0.4, -0.2) is 36.5 Å². The second-order valence-corrected chi connectivity index (χ2v) is 5.44. The van der Waals surface area contributed by atoms with Crippen molar-refractivity contribution in [2.75, 3.05) is 25.0 Å². The maximum absolute atomic E-state index is 10.9. The molecule has 0 radical (unpaired) electrons. The topological polar surface area (TPSA) is 41.6 Å². The first-order valence-electron chi connectivity index (χ1n) is 6.97. The molecule has 3 rings (SSSR count). The molecule has 0 unspecified atom stereocenters. The smallest absolute Gasteiger partial charge is 0.221 e. The maximum atomic E-state index is 10.9. The highest BCUT2D eigenvalue weighted by Gasteiger charge is 2.46. The van der Waals surface area contributed by atoms with Gasteiger partial charge in [-0.3, -0.25) is 9.69 Å². The lowest BCUT2D eigenvalue weighted by molar-refractivity contribution is -0.114. The third-order valence-corrected chi connectivity index (χ3v) is 3.96. The zero-order chi connectivity index (χ0) is 13.2. The van der Waals surface area contributed by atoms with Gasteiger partial charge in [0, 0.05) is 25.2 Å². The van der Waals surface area contributed by atoms with Gasteiger partial charge in [0.05, 0.1) is 0 Å². The number of carbonyl (C=O) groups excluding carboxylic acids is 1. The number of amides is 1. The fourth-order valence-corrected chi connectivity index (χ4v) is 2.88. The predicted molar refractivity (Wildman–Crippen MR) is 81.6 cm³/mol. The van der Waals surface area contributed by atoms with Gasteiger partial charge < -0.3 is 10.1 Å². The third-order valence-electron chi connectivity index (χ3n) is 3.96. The number of hydrogen-bond acceptors (Lipinski definition) is 3. The van der Waals surface area contributed by atoms with Crippen LogP contribution in [0.1, 0.15) is 19.8 Å². The Bertz CT molecular complexity index is 463. The van der Waals surface area contributed by atoms with E-state index in [-0.39, 0.29) is 18.3 Å². The molecule has 1 aromatic rings. The van der Waals surface area contributed by atoms with Crippen LogP contribution in [0, 0.1) is 5.92 Å². The van der Waals surface area contributed by atoms with Crippen LogP contribution >= 0.6 is 12.4 Å². The summed E-state index contributed by atoms with van der Waals surface area (Å²) in [7, 11) is 0. The molecule has 0 aromatic heterocycles. The van der Waals surface area contributed by atoms with E-state index in [1.807, 2.05) is 24.3 Å². The van der Waals surface area contributed by atoms with Crippen LogP contribution < -0.4 is 10.1 Å². The van der Waals surface area contributed by atoms with Gasteiger partial charge in [0.15, 0.2) is 0 Å². The van der Waals surface area contributed by atoms with E-state index in [1.54, 1.807) is 0 Å². The Hall–Kier alpha value is -1.26. The fourth-order valence-electron chi connectivity index (χ4n) is 2.88.